The van der Waals surface area contributed by atoms with Crippen LogP contribution in [0.2, 0.25) is 0 Å². The first kappa shape index (κ1) is 29.2. The van der Waals surface area contributed by atoms with Crippen LogP contribution >= 0.6 is 0 Å². The number of benzene rings is 1. The Morgan fingerprint density at radius 3 is 2.79 bits per heavy atom. The minimum absolute atomic E-state index is 0.307. The van der Waals surface area contributed by atoms with Crippen molar-refractivity contribution in [2.24, 2.45) is 7.05 Å². The molecule has 5 rings (SSSR count). The van der Waals surface area contributed by atoms with Crippen LogP contribution in [0.3, 0.4) is 0 Å². The summed E-state index contributed by atoms with van der Waals surface area (Å²) in [6.07, 6.45) is 2.43. The number of nitrogens with zero attached hydrogens (tertiary/aromatic N) is 7. The highest BCUT2D eigenvalue weighted by Crippen LogP contribution is 2.32. The number of aliphatic hydroxyl groups excluding tert-OH is 1. The summed E-state index contributed by atoms with van der Waals surface area (Å²) in [6.45, 7) is 5.87. The third-order valence-electron chi connectivity index (χ3n) is 7.10. The molecule has 2 atom stereocenters. The molecular formula is C28H33F2N9O3. The Hall–Kier alpha value is -4.30. The Labute approximate surface area is 241 Å². The van der Waals surface area contributed by atoms with E-state index in [-0.39, 0.29) is 11.8 Å². The molecule has 14 heteroatoms. The Bertz CT molecular complexity index is 1550. The maximum atomic E-state index is 13.4. The van der Waals surface area contributed by atoms with Crippen molar-refractivity contribution >= 4 is 17.5 Å². The van der Waals surface area contributed by atoms with Crippen molar-refractivity contribution in [1.82, 2.24) is 40.2 Å². The molecule has 3 N–H and O–H groups in total. The number of halogens is 2. The monoisotopic (exact) mass is 581 g/mol. The molecule has 0 saturated heterocycles. The minimum atomic E-state index is -2.74. The molecular weight excluding hydrogens is 548 g/mol. The average Bonchev–Trinajstić information content (AvgIpc) is 3.57. The molecule has 222 valence electrons. The van der Waals surface area contributed by atoms with Crippen molar-refractivity contribution in [3.05, 3.63) is 65.8 Å². The van der Waals surface area contributed by atoms with E-state index >= 15 is 0 Å². The number of aliphatic hydroxyl groups is 1. The number of hydrogen-bond acceptors (Lipinski definition) is 10. The maximum absolute atomic E-state index is 13.4. The van der Waals surface area contributed by atoms with Crippen LogP contribution in [0.15, 0.2) is 47.3 Å². The zero-order valence-electron chi connectivity index (χ0n) is 23.8. The van der Waals surface area contributed by atoms with E-state index in [9.17, 15) is 18.7 Å². The van der Waals surface area contributed by atoms with Gasteiger partial charge in [0.1, 0.15) is 5.41 Å². The molecule has 42 heavy (non-hydrogen) atoms. The topological polar surface area (TPSA) is 147 Å². The van der Waals surface area contributed by atoms with Gasteiger partial charge in [0.15, 0.2) is 0 Å². The third-order valence-corrected chi connectivity index (χ3v) is 7.10. The van der Waals surface area contributed by atoms with Crippen LogP contribution in [-0.2, 0) is 19.0 Å². The van der Waals surface area contributed by atoms with E-state index in [1.165, 1.54) is 13.8 Å². The zero-order chi connectivity index (χ0) is 30.0. The molecule has 12 nitrogen and oxygen atoms in total. The van der Waals surface area contributed by atoms with Crippen LogP contribution in [0.5, 0.6) is 0 Å². The smallest absolute Gasteiger partial charge is 0.309 e. The summed E-state index contributed by atoms with van der Waals surface area (Å²) in [6, 6.07) is 7.27. The van der Waals surface area contributed by atoms with Crippen LogP contribution in [0.1, 0.15) is 60.9 Å². The number of fused-ring (bicyclic) bond motifs is 1. The molecule has 0 spiro atoms. The maximum Gasteiger partial charge on any atom is 0.309 e. The summed E-state index contributed by atoms with van der Waals surface area (Å²) in [4.78, 5) is 24.2. The quantitative estimate of drug-likeness (QED) is 0.268. The van der Waals surface area contributed by atoms with E-state index < -0.39 is 29.9 Å². The number of alkyl halides is 2. The predicted molar refractivity (Wildman–Crippen MR) is 149 cm³/mol. The van der Waals surface area contributed by atoms with Gasteiger partial charge in [0.2, 0.25) is 11.8 Å². The lowest BCUT2D eigenvalue weighted by Gasteiger charge is -2.22. The second-order valence-corrected chi connectivity index (χ2v) is 11.0. The Morgan fingerprint density at radius 1 is 1.26 bits per heavy atom. The number of carbonyl (C=O) groups excluding carboxylic acids is 1. The van der Waals surface area contributed by atoms with Crippen molar-refractivity contribution in [2.45, 2.75) is 57.7 Å². The number of anilines is 2. The Kier molecular flexibility index (Phi) is 8.27. The highest BCUT2D eigenvalue weighted by Gasteiger charge is 2.38. The summed E-state index contributed by atoms with van der Waals surface area (Å²) in [5, 5.41) is 27.7. The summed E-state index contributed by atoms with van der Waals surface area (Å²) < 4.78 is 33.9. The molecule has 4 aromatic rings. The normalized spacial score (nSPS) is 16.6. The molecule has 1 aliphatic rings. The number of amides is 1. The second kappa shape index (κ2) is 11.9. The SMILES string of the molecule is C[C@H](O)CN1CC[C@@H](NC(=O)c2nnc(C(C)(C)C(F)F)o2)c2ccc(-c3ccnc(Nc4cnn(C)c4)n3)cc2C1. The summed E-state index contributed by atoms with van der Waals surface area (Å²) >= 11 is 0. The lowest BCUT2D eigenvalue weighted by molar-refractivity contribution is 0.0527. The van der Waals surface area contributed by atoms with Crippen molar-refractivity contribution in [3.63, 3.8) is 0 Å². The van der Waals surface area contributed by atoms with E-state index in [1.807, 2.05) is 37.5 Å². The van der Waals surface area contributed by atoms with Gasteiger partial charge in [-0.05, 0) is 50.5 Å². The molecule has 0 radical (unpaired) electrons. The number of rotatable bonds is 9. The number of aromatic nitrogens is 6. The van der Waals surface area contributed by atoms with Crippen LogP contribution in [0, 0.1) is 0 Å². The van der Waals surface area contributed by atoms with Crippen LogP contribution in [-0.4, -0.2) is 71.5 Å². The van der Waals surface area contributed by atoms with E-state index in [2.05, 4.69) is 40.8 Å². The molecule has 1 aromatic carbocycles. The van der Waals surface area contributed by atoms with Gasteiger partial charge in [0.25, 0.3) is 6.43 Å². The standard InChI is InChI=1S/C28H33F2N9O3/c1-16(40)13-39-10-8-22(34-23(41)24-36-37-26(42-24)28(2,3)25(29)30)20-6-5-17(11-18(20)14-39)21-7-9-31-27(35-21)33-19-12-32-38(4)15-19/h5-7,9,11-12,15-16,22,25,40H,8,10,13-14H2,1-4H3,(H,34,41)(H,31,33,35)/t16-,22+/m0/s1. The van der Waals surface area contributed by atoms with Gasteiger partial charge >= 0.3 is 11.8 Å². The lowest BCUT2D eigenvalue weighted by atomic mass is 9.94. The van der Waals surface area contributed by atoms with Gasteiger partial charge in [0.05, 0.1) is 29.7 Å². The molecule has 0 fully saturated rings. The van der Waals surface area contributed by atoms with Gasteiger partial charge in [-0.3, -0.25) is 14.4 Å². The fourth-order valence-electron chi connectivity index (χ4n) is 4.79. The summed E-state index contributed by atoms with van der Waals surface area (Å²) in [5.74, 6) is -0.912. The first-order valence-corrected chi connectivity index (χ1v) is 13.5. The Balaban J connectivity index is 1.41. The van der Waals surface area contributed by atoms with Gasteiger partial charge in [-0.15, -0.1) is 10.2 Å². The highest BCUT2D eigenvalue weighted by molar-refractivity contribution is 5.89. The molecule has 4 heterocycles. The molecule has 1 aliphatic heterocycles. The molecule has 1 amide bonds. The van der Waals surface area contributed by atoms with Crippen molar-refractivity contribution in [1.29, 1.82) is 0 Å². The molecule has 0 unspecified atom stereocenters. The number of hydrogen-bond donors (Lipinski definition) is 3. The third kappa shape index (κ3) is 6.44. The number of carbonyl (C=O) groups is 1. The van der Waals surface area contributed by atoms with E-state index in [1.54, 1.807) is 24.0 Å². The molecule has 0 bridgehead atoms. The summed E-state index contributed by atoms with van der Waals surface area (Å²) in [5.41, 5.74) is 2.45. The number of nitrogens with one attached hydrogen (secondary N) is 2. The van der Waals surface area contributed by atoms with Gasteiger partial charge in [-0.1, -0.05) is 12.1 Å². The van der Waals surface area contributed by atoms with Gasteiger partial charge in [0, 0.05) is 44.6 Å². The number of aryl methyl sites for hydroxylation is 1. The van der Waals surface area contributed by atoms with Gasteiger partial charge < -0.3 is 20.2 Å². The summed E-state index contributed by atoms with van der Waals surface area (Å²) in [7, 11) is 1.82. The van der Waals surface area contributed by atoms with E-state index in [0.29, 0.717) is 37.7 Å². The lowest BCUT2D eigenvalue weighted by Crippen LogP contribution is -2.32. The zero-order valence-corrected chi connectivity index (χ0v) is 23.8. The second-order valence-electron chi connectivity index (χ2n) is 11.0. The fraction of sp³-hybridized carbons (Fsp3) is 0.429. The fourth-order valence-corrected chi connectivity index (χ4v) is 4.79. The van der Waals surface area contributed by atoms with Gasteiger partial charge in [-0.2, -0.15) is 5.10 Å². The molecule has 3 aromatic heterocycles. The first-order valence-electron chi connectivity index (χ1n) is 13.5. The van der Waals surface area contributed by atoms with Crippen molar-refractivity contribution in [2.75, 3.05) is 18.4 Å². The average molecular weight is 582 g/mol. The highest BCUT2D eigenvalue weighted by atomic mass is 19.3. The van der Waals surface area contributed by atoms with E-state index in [0.717, 1.165) is 22.4 Å². The van der Waals surface area contributed by atoms with Crippen LogP contribution < -0.4 is 10.6 Å². The molecule has 0 aliphatic carbocycles. The van der Waals surface area contributed by atoms with E-state index in [4.69, 9.17) is 4.42 Å². The number of β-amino-alcohol motifs (C(OH)–C–C–N with tert-alkyl or cyclic N) is 1. The van der Waals surface area contributed by atoms with Crippen molar-refractivity contribution in [3.8, 4) is 11.3 Å². The Morgan fingerprint density at radius 2 is 2.07 bits per heavy atom. The van der Waals surface area contributed by atoms with Crippen molar-refractivity contribution < 1.29 is 23.1 Å². The van der Waals surface area contributed by atoms with Crippen LogP contribution in [0.25, 0.3) is 11.3 Å². The molecule has 0 saturated carbocycles. The minimum Gasteiger partial charge on any atom is -0.416 e. The van der Waals surface area contributed by atoms with Gasteiger partial charge in [-0.25, -0.2) is 18.7 Å². The largest absolute Gasteiger partial charge is 0.416 e. The van der Waals surface area contributed by atoms with Crippen LogP contribution in [0.4, 0.5) is 20.4 Å². The first-order chi connectivity index (χ1) is 20.0. The predicted octanol–water partition coefficient (Wildman–Crippen LogP) is 3.60.